The van der Waals surface area contributed by atoms with Gasteiger partial charge in [0.1, 0.15) is 13.2 Å². The zero-order valence-corrected chi connectivity index (χ0v) is 53.8. The van der Waals surface area contributed by atoms with E-state index in [-0.39, 0.29) is 19.1 Å². The summed E-state index contributed by atoms with van der Waals surface area (Å²) in [4.78, 5) is 25.5. The fraction of sp³-hybridized carbons (Fsp3) is 0.899. The Hall–Kier alpha value is -1.28. The zero-order valence-electron chi connectivity index (χ0n) is 52.9. The minimum Gasteiger partial charge on any atom is -0.756 e. The molecule has 0 fully saturated rings. The van der Waals surface area contributed by atoms with Gasteiger partial charge in [0.15, 0.2) is 0 Å². The molecule has 0 aromatic rings. The summed E-state index contributed by atoms with van der Waals surface area (Å²) in [5.41, 5.74) is 0. The van der Waals surface area contributed by atoms with Crippen LogP contribution in [0.25, 0.3) is 0 Å². The number of allylic oxidation sites excluding steroid dienone is 5. The van der Waals surface area contributed by atoms with Gasteiger partial charge in [-0.1, -0.05) is 320 Å². The van der Waals surface area contributed by atoms with Gasteiger partial charge < -0.3 is 28.8 Å². The van der Waals surface area contributed by atoms with Gasteiger partial charge in [-0.2, -0.15) is 0 Å². The van der Waals surface area contributed by atoms with Crippen molar-refractivity contribution in [3.63, 3.8) is 0 Å². The lowest BCUT2D eigenvalue weighted by Gasteiger charge is -2.29. The molecule has 0 heterocycles. The maximum atomic E-state index is 13.0. The Morgan fingerprint density at radius 3 is 1.04 bits per heavy atom. The molecule has 0 aliphatic heterocycles. The molecule has 9 heteroatoms. The fourth-order valence-electron chi connectivity index (χ4n) is 10.5. The summed E-state index contributed by atoms with van der Waals surface area (Å²) in [6.45, 7) is 4.67. The monoisotopic (exact) mass is 1120 g/mol. The smallest absolute Gasteiger partial charge is 0.268 e. The van der Waals surface area contributed by atoms with Gasteiger partial charge in [-0.05, 0) is 57.8 Å². The highest BCUT2D eigenvalue weighted by Crippen LogP contribution is 2.38. The van der Waals surface area contributed by atoms with E-state index in [1.807, 2.05) is 27.2 Å². The SMILES string of the molecule is CCCCCCCCCCCCC/C=C/CC/C=C/C(O)C(COP(=O)([O-])OCC[N+](C)(C)C)NC(=O)CCCCCCCCCCCCCCCCCCC/C=C\CCCCCCCCCCCCCCCCCCCC. The van der Waals surface area contributed by atoms with Gasteiger partial charge in [-0.3, -0.25) is 9.36 Å². The maximum absolute atomic E-state index is 13.0. The molecule has 3 unspecified atom stereocenters. The number of hydrogen-bond acceptors (Lipinski definition) is 6. The molecule has 0 spiro atoms. The van der Waals surface area contributed by atoms with E-state index in [0.717, 1.165) is 38.5 Å². The number of nitrogens with one attached hydrogen (secondary N) is 1. The van der Waals surface area contributed by atoms with Gasteiger partial charge in [-0.25, -0.2) is 0 Å². The largest absolute Gasteiger partial charge is 0.756 e. The maximum Gasteiger partial charge on any atom is 0.268 e. The van der Waals surface area contributed by atoms with Crippen LogP contribution < -0.4 is 10.2 Å². The molecular formula is C69H135N2O6P. The predicted octanol–water partition coefficient (Wildman–Crippen LogP) is 21.0. The van der Waals surface area contributed by atoms with Crippen molar-refractivity contribution in [3.8, 4) is 0 Å². The quantitative estimate of drug-likeness (QED) is 0.0272. The highest BCUT2D eigenvalue weighted by atomic mass is 31.2. The van der Waals surface area contributed by atoms with E-state index in [4.69, 9.17) is 9.05 Å². The second kappa shape index (κ2) is 60.3. The van der Waals surface area contributed by atoms with E-state index >= 15 is 0 Å². The van der Waals surface area contributed by atoms with Gasteiger partial charge in [0.05, 0.1) is 39.9 Å². The molecule has 0 aromatic carbocycles. The predicted molar refractivity (Wildman–Crippen MR) is 339 cm³/mol. The molecule has 1 amide bonds. The zero-order chi connectivity index (χ0) is 57.0. The standard InChI is InChI=1S/C69H135N2O6P/c1-6-8-10-12-14-16-18-20-22-24-25-26-27-28-29-30-31-32-33-34-35-36-37-38-39-40-41-42-43-44-45-47-49-51-53-55-57-59-61-63-69(73)70-67(66-77-78(74,75)76-65-64-71(3,4)5)68(72)62-60-58-56-54-52-50-48-46-23-21-19-17-15-13-11-9-7-2/h34-35,52,54,60,62,67-68,72H,6-33,36-51,53,55-59,61,63-66H2,1-5H3,(H-,70,73,74,75)/b35-34-,54-52+,62-60+. The van der Waals surface area contributed by atoms with E-state index in [2.05, 4.69) is 43.5 Å². The van der Waals surface area contributed by atoms with Crippen LogP contribution in [0.2, 0.25) is 0 Å². The van der Waals surface area contributed by atoms with Gasteiger partial charge >= 0.3 is 0 Å². The van der Waals surface area contributed by atoms with E-state index in [1.165, 1.54) is 289 Å². The average Bonchev–Trinajstić information content (AvgIpc) is 3.41. The number of aliphatic hydroxyl groups excluding tert-OH is 1. The number of phosphoric ester groups is 1. The molecule has 462 valence electrons. The number of carbonyl (C=O) groups is 1. The first-order chi connectivity index (χ1) is 38.0. The Labute approximate surface area is 487 Å². The van der Waals surface area contributed by atoms with Crippen LogP contribution in [0.1, 0.15) is 348 Å². The number of nitrogens with zero attached hydrogens (tertiary/aromatic N) is 1. The third kappa shape index (κ3) is 62.3. The summed E-state index contributed by atoms with van der Waals surface area (Å²) >= 11 is 0. The van der Waals surface area contributed by atoms with Crippen molar-refractivity contribution in [1.29, 1.82) is 0 Å². The van der Waals surface area contributed by atoms with Crippen molar-refractivity contribution in [2.45, 2.75) is 360 Å². The Morgan fingerprint density at radius 2 is 0.718 bits per heavy atom. The second-order valence-corrected chi connectivity index (χ2v) is 26.3. The molecular weight excluding hydrogens is 984 g/mol. The summed E-state index contributed by atoms with van der Waals surface area (Å²) in [6.07, 6.45) is 80.0. The Morgan fingerprint density at radius 1 is 0.436 bits per heavy atom. The molecule has 0 rings (SSSR count). The van der Waals surface area contributed by atoms with Crippen molar-refractivity contribution in [3.05, 3.63) is 36.5 Å². The molecule has 0 aromatic heterocycles. The molecule has 8 nitrogen and oxygen atoms in total. The van der Waals surface area contributed by atoms with Crippen LogP contribution >= 0.6 is 7.82 Å². The number of amides is 1. The lowest BCUT2D eigenvalue weighted by Crippen LogP contribution is -2.45. The number of hydrogen-bond donors (Lipinski definition) is 2. The number of likely N-dealkylation sites (N-methyl/N-ethyl adjacent to an activating group) is 1. The normalized spacial score (nSPS) is 13.9. The first kappa shape index (κ1) is 76.7. The van der Waals surface area contributed by atoms with Crippen LogP contribution in [-0.4, -0.2) is 68.5 Å². The first-order valence-corrected chi connectivity index (χ1v) is 35.8. The van der Waals surface area contributed by atoms with Crippen molar-refractivity contribution in [1.82, 2.24) is 5.32 Å². The summed E-state index contributed by atoms with van der Waals surface area (Å²) < 4.78 is 23.4. The second-order valence-electron chi connectivity index (χ2n) is 24.9. The number of aliphatic hydroxyl groups is 1. The minimum absolute atomic E-state index is 0.00488. The first-order valence-electron chi connectivity index (χ1n) is 34.4. The third-order valence-electron chi connectivity index (χ3n) is 15.8. The van der Waals surface area contributed by atoms with Crippen LogP contribution in [0.5, 0.6) is 0 Å². The Bertz CT molecular complexity index is 1360. The molecule has 3 atom stereocenters. The van der Waals surface area contributed by atoms with Gasteiger partial charge in [0.2, 0.25) is 5.91 Å². The topological polar surface area (TPSA) is 108 Å². The van der Waals surface area contributed by atoms with Crippen molar-refractivity contribution in [2.75, 3.05) is 40.9 Å². The molecule has 2 N–H and O–H groups in total. The molecule has 0 saturated carbocycles. The van der Waals surface area contributed by atoms with E-state index in [9.17, 15) is 19.4 Å². The van der Waals surface area contributed by atoms with Gasteiger partial charge in [-0.15, -0.1) is 0 Å². The fourth-order valence-corrected chi connectivity index (χ4v) is 11.2. The molecule has 0 bridgehead atoms. The van der Waals surface area contributed by atoms with Crippen LogP contribution in [0.15, 0.2) is 36.5 Å². The number of unbranched alkanes of at least 4 members (excludes halogenated alkanes) is 47. The minimum atomic E-state index is -4.61. The Kier molecular flexibility index (Phi) is 59.3. The summed E-state index contributed by atoms with van der Waals surface area (Å²) in [5, 5.41) is 13.9. The average molecular weight is 1120 g/mol. The summed E-state index contributed by atoms with van der Waals surface area (Å²) in [5.74, 6) is -0.202. The van der Waals surface area contributed by atoms with Crippen LogP contribution in [0.3, 0.4) is 0 Å². The van der Waals surface area contributed by atoms with Crippen LogP contribution in [0, 0.1) is 0 Å². The summed E-state index contributed by atoms with van der Waals surface area (Å²) in [6, 6.07) is -0.902. The van der Waals surface area contributed by atoms with Gasteiger partial charge in [0.25, 0.3) is 7.82 Å². The third-order valence-corrected chi connectivity index (χ3v) is 16.8. The molecule has 0 aliphatic rings. The van der Waals surface area contributed by atoms with Crippen molar-refractivity contribution >= 4 is 13.7 Å². The lowest BCUT2D eigenvalue weighted by atomic mass is 10.0. The highest BCUT2D eigenvalue weighted by molar-refractivity contribution is 7.45. The van der Waals surface area contributed by atoms with E-state index in [1.54, 1.807) is 6.08 Å². The number of phosphoric acid groups is 1. The molecule has 0 aliphatic carbocycles. The number of carbonyl (C=O) groups excluding carboxylic acids is 1. The molecule has 0 radical (unpaired) electrons. The molecule has 78 heavy (non-hydrogen) atoms. The van der Waals surface area contributed by atoms with E-state index in [0.29, 0.717) is 17.4 Å². The Balaban J connectivity index is 3.93. The number of quaternary nitrogens is 1. The van der Waals surface area contributed by atoms with E-state index < -0.39 is 20.0 Å². The van der Waals surface area contributed by atoms with Crippen molar-refractivity contribution < 1.29 is 32.9 Å². The van der Waals surface area contributed by atoms with Gasteiger partial charge in [0, 0.05) is 6.42 Å². The molecule has 0 saturated heterocycles. The van der Waals surface area contributed by atoms with Crippen LogP contribution in [-0.2, 0) is 18.4 Å². The van der Waals surface area contributed by atoms with Crippen LogP contribution in [0.4, 0.5) is 0 Å². The lowest BCUT2D eigenvalue weighted by molar-refractivity contribution is -0.870. The number of rotatable bonds is 64. The van der Waals surface area contributed by atoms with Crippen molar-refractivity contribution in [2.24, 2.45) is 0 Å². The summed E-state index contributed by atoms with van der Waals surface area (Å²) in [7, 11) is 1.26. The highest BCUT2D eigenvalue weighted by Gasteiger charge is 2.23.